The number of benzene rings is 2. The Morgan fingerprint density at radius 2 is 1.08 bits per heavy atom. The number of amides is 1. The summed E-state index contributed by atoms with van der Waals surface area (Å²) in [6.45, 7) is 8.49. The van der Waals surface area contributed by atoms with E-state index in [0.29, 0.717) is 78.2 Å². The van der Waals surface area contributed by atoms with E-state index in [9.17, 15) is 18.7 Å². The molecular weight excluding hydrogens is 977 g/mol. The SMILES string of the molecule is C.C#CCC(Cc1cnc2nc(N)nc(N)c2n1)c1ccc(C(=O)NCP(=O)(OCC)OCC)cc1.C#CCC(Cc1cnc2nc(N)nc(N)c2n1)c1ccc(C(=O)O)cc1.CCOP(=O)(OCC)C1CC1. The summed E-state index contributed by atoms with van der Waals surface area (Å²) in [6, 6.07) is 13.7. The van der Waals surface area contributed by atoms with Gasteiger partial charge in [-0.2, -0.15) is 19.9 Å². The van der Waals surface area contributed by atoms with Crippen molar-refractivity contribution in [1.82, 2.24) is 45.2 Å². The number of anilines is 4. The molecule has 0 radical (unpaired) electrons. The Labute approximate surface area is 424 Å². The molecule has 22 nitrogen and oxygen atoms in total. The molecule has 2 unspecified atom stereocenters. The van der Waals surface area contributed by atoms with Gasteiger partial charge in [0.05, 0.1) is 61.4 Å². The number of carboxylic acids is 1. The highest BCUT2D eigenvalue weighted by atomic mass is 31.2. The van der Waals surface area contributed by atoms with Crippen molar-refractivity contribution in [3.63, 3.8) is 0 Å². The Hall–Kier alpha value is -7.16. The van der Waals surface area contributed by atoms with Crippen molar-refractivity contribution in [2.75, 3.05) is 55.6 Å². The van der Waals surface area contributed by atoms with Gasteiger partial charge in [0.2, 0.25) is 11.9 Å². The second-order valence-electron chi connectivity index (χ2n) is 15.9. The highest BCUT2D eigenvalue weighted by Gasteiger charge is 2.43. The van der Waals surface area contributed by atoms with Gasteiger partial charge in [0.25, 0.3) is 5.91 Å². The lowest BCUT2D eigenvalue weighted by Gasteiger charge is -2.18. The normalized spacial score (nSPS) is 12.9. The zero-order chi connectivity index (χ0) is 52.4. The van der Waals surface area contributed by atoms with Crippen LogP contribution < -0.4 is 28.3 Å². The van der Waals surface area contributed by atoms with Gasteiger partial charge in [-0.15, -0.1) is 24.7 Å². The Bertz CT molecular complexity index is 2990. The fraction of sp³-hybridized carbons (Fsp3) is 0.388. The molecule has 0 bridgehead atoms. The summed E-state index contributed by atoms with van der Waals surface area (Å²) >= 11 is 0. The Balaban J connectivity index is 0.000000266. The van der Waals surface area contributed by atoms with Crippen LogP contribution >= 0.6 is 15.2 Å². The van der Waals surface area contributed by atoms with E-state index in [-0.39, 0.29) is 79.4 Å². The highest BCUT2D eigenvalue weighted by molar-refractivity contribution is 7.55. The van der Waals surface area contributed by atoms with Crippen molar-refractivity contribution >= 4 is 72.9 Å². The fourth-order valence-electron chi connectivity index (χ4n) is 7.16. The number of carboxylic acid groups (broad SMARTS) is 1. The average molecular weight is 1040 g/mol. The molecule has 4 aromatic heterocycles. The van der Waals surface area contributed by atoms with Gasteiger partial charge in [-0.25, -0.2) is 24.7 Å². The molecule has 0 saturated heterocycles. The van der Waals surface area contributed by atoms with E-state index in [1.54, 1.807) is 62.6 Å². The molecule has 6 aromatic rings. The third kappa shape index (κ3) is 16.7. The number of rotatable bonds is 21. The Morgan fingerprint density at radius 3 is 1.45 bits per heavy atom. The van der Waals surface area contributed by atoms with Crippen LogP contribution in [0.25, 0.3) is 22.3 Å². The molecule has 24 heteroatoms. The second-order valence-corrected chi connectivity index (χ2v) is 20.3. The number of carbonyl (C=O) groups is 2. The molecule has 2 atom stereocenters. The molecule has 2 aromatic carbocycles. The first kappa shape index (κ1) is 58.4. The number of nitrogen functional groups attached to an aromatic ring is 4. The minimum Gasteiger partial charge on any atom is -0.478 e. The number of nitrogens with one attached hydrogen (secondary N) is 1. The maximum atomic E-state index is 12.6. The fourth-order valence-corrected chi connectivity index (χ4v) is 10.5. The van der Waals surface area contributed by atoms with E-state index in [2.05, 4.69) is 57.0 Å². The molecule has 4 heterocycles. The van der Waals surface area contributed by atoms with Crippen LogP contribution in [0.15, 0.2) is 60.9 Å². The van der Waals surface area contributed by atoms with Gasteiger partial charge in [0.1, 0.15) is 6.29 Å². The van der Waals surface area contributed by atoms with Gasteiger partial charge < -0.3 is 51.5 Å². The highest BCUT2D eigenvalue weighted by Crippen LogP contribution is 2.62. The second kappa shape index (κ2) is 27.6. The van der Waals surface area contributed by atoms with Gasteiger partial charge in [-0.3, -0.25) is 13.9 Å². The van der Waals surface area contributed by atoms with Crippen molar-refractivity contribution in [3.8, 4) is 24.7 Å². The first-order valence-corrected chi connectivity index (χ1v) is 26.3. The zero-order valence-corrected chi connectivity index (χ0v) is 42.2. The Kier molecular flexibility index (Phi) is 22.1. The first-order valence-electron chi connectivity index (χ1n) is 22.9. The summed E-state index contributed by atoms with van der Waals surface area (Å²) in [6.07, 6.45) is 18.0. The zero-order valence-electron chi connectivity index (χ0n) is 40.4. The lowest BCUT2D eigenvalue weighted by Crippen LogP contribution is -2.25. The summed E-state index contributed by atoms with van der Waals surface area (Å²) < 4.78 is 44.9. The standard InChI is InChI=1S/C23H28N7O4P.C18H16N6O2.C7H15O3P.CH4/c1-4-7-17(12-18-13-26-21-19(28-18)20(24)29-23(25)30-21)15-8-10-16(11-9-15)22(31)27-14-35(32,33-5-2)34-6-3;1-2-3-12(10-4-6-11(7-5-10)17(25)26)8-13-9-21-16-14(22-13)15(19)23-18(20)24-16;1-3-9-11(8,10-4-2)7-5-6-7;/h1,8-11,13,17H,5-7,12,14H2,2-3H3,(H,27,31)(H4,24,25,26,29,30);1,4-7,9,12H,3,8H2,(H,25,26)(H4,19,20,21,23,24);7H,3-6H2,1-2H3;1H4. The van der Waals surface area contributed by atoms with Crippen LogP contribution in [0.5, 0.6) is 0 Å². The van der Waals surface area contributed by atoms with E-state index in [1.165, 1.54) is 0 Å². The monoisotopic (exact) mass is 1040 g/mol. The van der Waals surface area contributed by atoms with Crippen LogP contribution in [0, 0.1) is 24.7 Å². The summed E-state index contributed by atoms with van der Waals surface area (Å²) in [7, 11) is -6.06. The number of aromatic nitrogens is 8. The van der Waals surface area contributed by atoms with Crippen molar-refractivity contribution in [1.29, 1.82) is 0 Å². The number of hydrogen-bond acceptors (Lipinski definition) is 20. The number of hydrogen-bond donors (Lipinski definition) is 6. The van der Waals surface area contributed by atoms with Crippen LogP contribution in [-0.4, -0.2) is 95.2 Å². The predicted octanol–water partition coefficient (Wildman–Crippen LogP) is 7.57. The summed E-state index contributed by atoms with van der Waals surface area (Å²) in [5.41, 5.74) is 28.4. The predicted molar refractivity (Wildman–Crippen MR) is 281 cm³/mol. The number of fused-ring (bicyclic) bond motifs is 2. The summed E-state index contributed by atoms with van der Waals surface area (Å²) in [4.78, 5) is 57.0. The first-order chi connectivity index (χ1) is 34.5. The van der Waals surface area contributed by atoms with Crippen molar-refractivity contribution in [3.05, 3.63) is 94.6 Å². The van der Waals surface area contributed by atoms with Gasteiger partial charge in [0.15, 0.2) is 34.0 Å². The maximum Gasteiger partial charge on any atom is 0.349 e. The quantitative estimate of drug-likeness (QED) is 0.0299. The van der Waals surface area contributed by atoms with E-state index in [1.807, 2.05) is 26.0 Å². The van der Waals surface area contributed by atoms with E-state index < -0.39 is 21.2 Å². The topological polar surface area (TPSA) is 345 Å². The van der Waals surface area contributed by atoms with Crippen LogP contribution in [0.3, 0.4) is 0 Å². The molecule has 7 rings (SSSR count). The molecule has 1 amide bonds. The van der Waals surface area contributed by atoms with Gasteiger partial charge in [-0.1, -0.05) is 31.7 Å². The molecule has 1 aliphatic rings. The number of carbonyl (C=O) groups excluding carboxylic acids is 1. The van der Waals surface area contributed by atoms with E-state index >= 15 is 0 Å². The van der Waals surface area contributed by atoms with Crippen molar-refractivity contribution in [2.24, 2.45) is 0 Å². The molecule has 0 aliphatic heterocycles. The summed E-state index contributed by atoms with van der Waals surface area (Å²) in [5, 5.41) is 11.6. The third-order valence-electron chi connectivity index (χ3n) is 10.6. The average Bonchev–Trinajstić information content (AvgIpc) is 4.21. The Morgan fingerprint density at radius 1 is 0.671 bits per heavy atom. The minimum absolute atomic E-state index is 0. The number of nitrogens with zero attached hydrogens (tertiary/aromatic N) is 8. The van der Waals surface area contributed by atoms with Crippen molar-refractivity contribution in [2.45, 2.75) is 91.1 Å². The van der Waals surface area contributed by atoms with Crippen LogP contribution in [0.1, 0.15) is 116 Å². The van der Waals surface area contributed by atoms with Gasteiger partial charge in [0, 0.05) is 30.2 Å². The van der Waals surface area contributed by atoms with E-state index in [0.717, 1.165) is 24.0 Å². The van der Waals surface area contributed by atoms with Crippen molar-refractivity contribution < 1.29 is 41.9 Å². The minimum atomic E-state index is -3.38. The molecule has 1 saturated carbocycles. The smallest absolute Gasteiger partial charge is 0.349 e. The molecule has 10 N–H and O–H groups in total. The lowest BCUT2D eigenvalue weighted by molar-refractivity contribution is 0.0696. The van der Waals surface area contributed by atoms with Crippen LogP contribution in [0.4, 0.5) is 23.5 Å². The van der Waals surface area contributed by atoms with Gasteiger partial charge >= 0.3 is 21.2 Å². The third-order valence-corrected chi connectivity index (χ3v) is 15.1. The molecule has 1 aliphatic carbocycles. The van der Waals surface area contributed by atoms with Crippen LogP contribution in [0.2, 0.25) is 0 Å². The number of aromatic carboxylic acids is 1. The number of nitrogens with two attached hydrogens (primary N) is 4. The molecule has 0 spiro atoms. The largest absolute Gasteiger partial charge is 0.478 e. The van der Waals surface area contributed by atoms with E-state index in [4.69, 9.17) is 59.0 Å². The molecule has 1 fully saturated rings. The molecule has 73 heavy (non-hydrogen) atoms. The lowest BCUT2D eigenvalue weighted by atomic mass is 9.91. The molecular formula is C49H63N13O9P2. The number of terminal acetylenes is 2. The summed E-state index contributed by atoms with van der Waals surface area (Å²) in [5.74, 6) is 4.27. The molecule has 388 valence electrons. The maximum absolute atomic E-state index is 12.6. The van der Waals surface area contributed by atoms with Crippen LogP contribution in [-0.2, 0) is 40.1 Å². The van der Waals surface area contributed by atoms with Gasteiger partial charge in [-0.05, 0) is 88.8 Å².